The predicted octanol–water partition coefficient (Wildman–Crippen LogP) is 6.98. The maximum atomic E-state index is 14.7. The molecule has 0 fully saturated rings. The summed E-state index contributed by atoms with van der Waals surface area (Å²) in [7, 11) is 0. The molecule has 0 heterocycles. The molecule has 0 aliphatic rings. The topological polar surface area (TPSA) is 17.1 Å². The van der Waals surface area contributed by atoms with Gasteiger partial charge >= 0.3 is 0 Å². The fraction of sp³-hybridized carbons (Fsp3) is 0.0385. The van der Waals surface area contributed by atoms with Crippen LogP contribution in [0.5, 0.6) is 0 Å². The van der Waals surface area contributed by atoms with Crippen LogP contribution in [0.3, 0.4) is 0 Å². The van der Waals surface area contributed by atoms with E-state index < -0.39 is 23.2 Å². The summed E-state index contributed by atoms with van der Waals surface area (Å²) in [6.07, 6.45) is 0. The van der Waals surface area contributed by atoms with Gasteiger partial charge < -0.3 is 0 Å². The van der Waals surface area contributed by atoms with Gasteiger partial charge in [-0.25, -0.2) is 13.2 Å². The first-order chi connectivity index (χ1) is 14.4. The summed E-state index contributed by atoms with van der Waals surface area (Å²) in [4.78, 5) is 12.8. The lowest BCUT2D eigenvalue weighted by atomic mass is 9.96. The molecule has 0 atom stereocenters. The highest BCUT2D eigenvalue weighted by Crippen LogP contribution is 2.27. The Kier molecular flexibility index (Phi) is 5.23. The second-order valence-corrected chi connectivity index (χ2v) is 7.09. The number of rotatable bonds is 4. The van der Waals surface area contributed by atoms with Gasteiger partial charge in [0.25, 0.3) is 0 Å². The monoisotopic (exact) mass is 402 g/mol. The van der Waals surface area contributed by atoms with Crippen LogP contribution >= 0.6 is 0 Å². The van der Waals surface area contributed by atoms with E-state index in [2.05, 4.69) is 0 Å². The van der Waals surface area contributed by atoms with E-state index in [1.54, 1.807) is 6.07 Å². The molecule has 0 radical (unpaired) electrons. The van der Waals surface area contributed by atoms with Gasteiger partial charge in [-0.05, 0) is 42.3 Å². The highest BCUT2D eigenvalue weighted by molar-refractivity contribution is 6.09. The Morgan fingerprint density at radius 3 is 1.47 bits per heavy atom. The minimum absolute atomic E-state index is 0.112. The van der Waals surface area contributed by atoms with Crippen LogP contribution in [0.1, 0.15) is 21.5 Å². The van der Waals surface area contributed by atoms with Gasteiger partial charge in [-0.3, -0.25) is 4.79 Å². The van der Waals surface area contributed by atoms with E-state index in [-0.39, 0.29) is 16.7 Å². The summed E-state index contributed by atoms with van der Waals surface area (Å²) < 4.78 is 42.3. The van der Waals surface area contributed by atoms with Crippen molar-refractivity contribution in [2.45, 2.75) is 6.92 Å². The molecule has 0 bridgehead atoms. The maximum Gasteiger partial charge on any atom is 0.193 e. The Morgan fingerprint density at radius 1 is 0.600 bits per heavy atom. The summed E-state index contributed by atoms with van der Waals surface area (Å²) in [5, 5.41) is 0. The van der Waals surface area contributed by atoms with Crippen molar-refractivity contribution in [1.82, 2.24) is 0 Å². The van der Waals surface area contributed by atoms with E-state index in [1.165, 1.54) is 48.5 Å². The molecule has 0 amide bonds. The lowest BCUT2D eigenvalue weighted by molar-refractivity contribution is 0.103. The Labute approximate surface area is 172 Å². The Hall–Kier alpha value is -3.66. The van der Waals surface area contributed by atoms with Gasteiger partial charge in [0, 0.05) is 22.3 Å². The molecular weight excluding hydrogens is 385 g/mol. The van der Waals surface area contributed by atoms with Crippen molar-refractivity contribution in [2.24, 2.45) is 0 Å². The van der Waals surface area contributed by atoms with E-state index in [0.717, 1.165) is 11.6 Å². The Morgan fingerprint density at radius 2 is 1.03 bits per heavy atom. The average Bonchev–Trinajstić information content (AvgIpc) is 2.74. The van der Waals surface area contributed by atoms with Gasteiger partial charge in [0.1, 0.15) is 17.5 Å². The molecule has 4 rings (SSSR count). The molecule has 4 aromatic rings. The third kappa shape index (κ3) is 3.90. The number of carbonyl (C=O) groups is 1. The van der Waals surface area contributed by atoms with Crippen LogP contribution in [0, 0.1) is 24.4 Å². The first kappa shape index (κ1) is 19.6. The second-order valence-electron chi connectivity index (χ2n) is 7.09. The maximum absolute atomic E-state index is 14.7. The molecule has 148 valence electrons. The van der Waals surface area contributed by atoms with Crippen molar-refractivity contribution in [3.8, 4) is 22.3 Å². The van der Waals surface area contributed by atoms with Gasteiger partial charge in [0.05, 0.1) is 0 Å². The number of hydrogen-bond acceptors (Lipinski definition) is 1. The summed E-state index contributed by atoms with van der Waals surface area (Å²) >= 11 is 0. The fourth-order valence-electron chi connectivity index (χ4n) is 3.31. The first-order valence-electron chi connectivity index (χ1n) is 9.39. The van der Waals surface area contributed by atoms with Crippen LogP contribution in [0.2, 0.25) is 0 Å². The molecule has 0 aliphatic carbocycles. The standard InChI is InChI=1S/C26H17F3O/c1-16-2-4-17(5-3-16)22-12-8-19(14-24(22)28)26(30)20-9-13-23(25(29)15-20)18-6-10-21(27)11-7-18/h2-15H,1H3. The zero-order valence-corrected chi connectivity index (χ0v) is 16.1. The minimum atomic E-state index is -0.607. The van der Waals surface area contributed by atoms with Crippen molar-refractivity contribution in [3.63, 3.8) is 0 Å². The van der Waals surface area contributed by atoms with Crippen LogP contribution in [0.4, 0.5) is 13.2 Å². The van der Waals surface area contributed by atoms with Crippen LogP contribution in [-0.4, -0.2) is 5.78 Å². The number of benzene rings is 4. The van der Waals surface area contributed by atoms with Crippen molar-refractivity contribution in [3.05, 3.63) is 119 Å². The molecule has 0 unspecified atom stereocenters. The summed E-state index contributed by atoms with van der Waals surface area (Å²) in [5.74, 6) is -2.02. The summed E-state index contributed by atoms with van der Waals surface area (Å²) in [6, 6.07) is 21.2. The van der Waals surface area contributed by atoms with Crippen LogP contribution in [0.15, 0.2) is 84.9 Å². The molecule has 0 aliphatic heterocycles. The molecule has 0 saturated heterocycles. The summed E-state index contributed by atoms with van der Waals surface area (Å²) in [6.45, 7) is 1.95. The lowest BCUT2D eigenvalue weighted by Crippen LogP contribution is -2.03. The molecule has 0 N–H and O–H groups in total. The zero-order chi connectivity index (χ0) is 21.3. The lowest BCUT2D eigenvalue weighted by Gasteiger charge is -2.09. The molecular formula is C26H17F3O. The highest BCUT2D eigenvalue weighted by atomic mass is 19.1. The van der Waals surface area contributed by atoms with E-state index in [0.29, 0.717) is 16.7 Å². The van der Waals surface area contributed by atoms with Crippen molar-refractivity contribution < 1.29 is 18.0 Å². The first-order valence-corrected chi connectivity index (χ1v) is 9.39. The molecule has 4 aromatic carbocycles. The molecule has 1 nitrogen and oxygen atoms in total. The quantitative estimate of drug-likeness (QED) is 0.337. The third-order valence-corrected chi connectivity index (χ3v) is 4.98. The highest BCUT2D eigenvalue weighted by Gasteiger charge is 2.15. The molecule has 4 heteroatoms. The van der Waals surface area contributed by atoms with Crippen molar-refractivity contribution in [2.75, 3.05) is 0 Å². The van der Waals surface area contributed by atoms with Gasteiger partial charge in [0.2, 0.25) is 0 Å². The molecule has 0 spiro atoms. The minimum Gasteiger partial charge on any atom is -0.289 e. The van der Waals surface area contributed by atoms with Gasteiger partial charge in [0.15, 0.2) is 5.78 Å². The molecule has 30 heavy (non-hydrogen) atoms. The van der Waals surface area contributed by atoms with E-state index in [9.17, 15) is 18.0 Å². The normalized spacial score (nSPS) is 10.8. The predicted molar refractivity (Wildman–Crippen MR) is 112 cm³/mol. The molecule has 0 saturated carbocycles. The van der Waals surface area contributed by atoms with E-state index in [4.69, 9.17) is 0 Å². The number of aryl methyl sites for hydroxylation is 1. The zero-order valence-electron chi connectivity index (χ0n) is 16.1. The number of hydrogen-bond donors (Lipinski definition) is 0. The summed E-state index contributed by atoms with van der Waals surface area (Å²) in [5.41, 5.74) is 3.18. The Balaban J connectivity index is 1.63. The van der Waals surface area contributed by atoms with Gasteiger partial charge in [-0.2, -0.15) is 0 Å². The van der Waals surface area contributed by atoms with Crippen LogP contribution < -0.4 is 0 Å². The smallest absolute Gasteiger partial charge is 0.193 e. The largest absolute Gasteiger partial charge is 0.289 e. The number of halogens is 3. The fourth-order valence-corrected chi connectivity index (χ4v) is 3.31. The van der Waals surface area contributed by atoms with Crippen molar-refractivity contribution >= 4 is 5.78 Å². The van der Waals surface area contributed by atoms with Crippen LogP contribution in [-0.2, 0) is 0 Å². The molecule has 0 aromatic heterocycles. The van der Waals surface area contributed by atoms with E-state index >= 15 is 0 Å². The SMILES string of the molecule is Cc1ccc(-c2ccc(C(=O)c3ccc(-c4ccc(F)cc4)c(F)c3)cc2F)cc1. The van der Waals surface area contributed by atoms with Crippen LogP contribution in [0.25, 0.3) is 22.3 Å². The average molecular weight is 402 g/mol. The van der Waals surface area contributed by atoms with Gasteiger partial charge in [-0.15, -0.1) is 0 Å². The number of ketones is 1. The second kappa shape index (κ2) is 7.99. The number of carbonyl (C=O) groups excluding carboxylic acids is 1. The Bertz CT molecular complexity index is 1130. The van der Waals surface area contributed by atoms with Gasteiger partial charge in [-0.1, -0.05) is 66.2 Å². The van der Waals surface area contributed by atoms with Crippen molar-refractivity contribution in [1.29, 1.82) is 0 Å². The third-order valence-electron chi connectivity index (χ3n) is 4.98. The van der Waals surface area contributed by atoms with E-state index in [1.807, 2.05) is 31.2 Å².